The van der Waals surface area contributed by atoms with E-state index in [4.69, 9.17) is 4.74 Å². The average molecular weight is 727 g/mol. The first-order valence-electron chi connectivity index (χ1n) is 21.4. The molecular weight excluding hydrogens is 625 g/mol. The molecule has 5 heteroatoms. The number of hydrogen-bond donors (Lipinski definition) is 0. The Bertz CT molecular complexity index is 716. The Kier molecular flexibility index (Phi) is 30.5. The molecule has 5 nitrogen and oxygen atoms in total. The predicted octanol–water partition coefficient (Wildman–Crippen LogP) is 12.0. The van der Waals surface area contributed by atoms with Gasteiger partial charge in [0.2, 0.25) is 0 Å². The number of nitrogens with zero attached hydrogens (tertiary/aromatic N) is 4. The van der Waals surface area contributed by atoms with Gasteiger partial charge in [-0.1, -0.05) is 145 Å². The lowest BCUT2D eigenvalue weighted by Crippen LogP contribution is -2.41. The van der Waals surface area contributed by atoms with Crippen molar-refractivity contribution in [3.8, 4) is 0 Å². The molecule has 3 unspecified atom stereocenters. The highest BCUT2D eigenvalue weighted by Gasteiger charge is 2.24. The molecule has 51 heavy (non-hydrogen) atoms. The van der Waals surface area contributed by atoms with Gasteiger partial charge in [-0.2, -0.15) is 0 Å². The molecule has 0 bridgehead atoms. The van der Waals surface area contributed by atoms with Crippen molar-refractivity contribution in [1.29, 1.82) is 0 Å². The summed E-state index contributed by atoms with van der Waals surface area (Å²) < 4.78 is 5.33. The van der Waals surface area contributed by atoms with Crippen LogP contribution in [0.2, 0.25) is 0 Å². The maximum absolute atomic E-state index is 5.33. The van der Waals surface area contributed by atoms with Crippen molar-refractivity contribution >= 4 is 0 Å². The Labute approximate surface area is 325 Å². The highest BCUT2D eigenvalue weighted by molar-refractivity contribution is 4.76. The summed E-state index contributed by atoms with van der Waals surface area (Å²) in [4.78, 5) is 10.1. The molecule has 3 atom stereocenters. The maximum Gasteiger partial charge on any atom is 0.0594 e. The van der Waals surface area contributed by atoms with E-state index in [1.54, 1.807) is 0 Å². The zero-order valence-electron chi connectivity index (χ0n) is 38.4. The van der Waals surface area contributed by atoms with E-state index in [1.807, 2.05) is 0 Å². The van der Waals surface area contributed by atoms with Gasteiger partial charge in [0.1, 0.15) is 0 Å². The van der Waals surface area contributed by atoms with Crippen molar-refractivity contribution < 1.29 is 4.74 Å². The fourth-order valence-corrected chi connectivity index (χ4v) is 5.76. The first kappa shape index (κ1) is 55.1. The molecule has 2 aliphatic rings. The summed E-state index contributed by atoms with van der Waals surface area (Å²) in [5, 5.41) is 0. The van der Waals surface area contributed by atoms with Crippen LogP contribution in [0.15, 0.2) is 0 Å². The number of rotatable bonds is 13. The highest BCUT2D eigenvalue weighted by atomic mass is 16.5. The molecule has 2 fully saturated rings. The lowest BCUT2D eigenvalue weighted by Gasteiger charge is -2.34. The van der Waals surface area contributed by atoms with Crippen LogP contribution < -0.4 is 0 Å². The topological polar surface area (TPSA) is 22.2 Å². The van der Waals surface area contributed by atoms with Gasteiger partial charge in [-0.3, -0.25) is 4.90 Å². The van der Waals surface area contributed by atoms with E-state index >= 15 is 0 Å². The number of likely N-dealkylation sites (tertiary alicyclic amines) is 1. The smallest absolute Gasteiger partial charge is 0.0594 e. The predicted molar refractivity (Wildman–Crippen MR) is 234 cm³/mol. The zero-order chi connectivity index (χ0) is 39.2. The number of piperidine rings is 1. The minimum absolute atomic E-state index is 0. The van der Waals surface area contributed by atoms with E-state index in [1.165, 1.54) is 97.6 Å². The zero-order valence-corrected chi connectivity index (χ0v) is 38.4. The Balaban J connectivity index is -0.000000599. The van der Waals surface area contributed by atoms with Gasteiger partial charge in [0.15, 0.2) is 0 Å². The van der Waals surface area contributed by atoms with Gasteiger partial charge >= 0.3 is 0 Å². The lowest BCUT2D eigenvalue weighted by atomic mass is 9.81. The van der Waals surface area contributed by atoms with Gasteiger partial charge in [0.25, 0.3) is 0 Å². The van der Waals surface area contributed by atoms with Crippen LogP contribution in [0.3, 0.4) is 0 Å². The van der Waals surface area contributed by atoms with Crippen molar-refractivity contribution in [3.63, 3.8) is 0 Å². The summed E-state index contributed by atoms with van der Waals surface area (Å²) in [6.45, 7) is 60.4. The second kappa shape index (κ2) is 28.2. The van der Waals surface area contributed by atoms with Crippen molar-refractivity contribution in [2.24, 2.45) is 39.4 Å². The van der Waals surface area contributed by atoms with Crippen LogP contribution in [-0.4, -0.2) is 111 Å². The third-order valence-electron chi connectivity index (χ3n) is 11.8. The molecule has 2 saturated heterocycles. The molecule has 2 heterocycles. The van der Waals surface area contributed by atoms with Crippen molar-refractivity contribution in [3.05, 3.63) is 0 Å². The monoisotopic (exact) mass is 727 g/mol. The summed E-state index contributed by atoms with van der Waals surface area (Å²) in [7, 11) is 0. The second-order valence-electron chi connectivity index (χ2n) is 20.3. The standard InChI is InChI=1S/C12H25N.C11H23NO.2C11H25N.CH4/c1-11(12(2,3)4)10-13-8-6-5-7-9-13;1-10(11(2,3)4)9-12-5-7-13-8-6-12;1-7-12(8-2)9-10(3)11(4,5)6;1-6-12(7-2)10-8-9-11(3,4)5;/h11H,5-10H2,1-4H3;10H,5-9H2,1-4H3;10H,7-9H2,1-6H3;6-10H2,1-5H3;1H4. The summed E-state index contributed by atoms with van der Waals surface area (Å²) in [5.41, 5.74) is 1.85. The van der Waals surface area contributed by atoms with Crippen molar-refractivity contribution in [2.75, 3.05) is 91.8 Å². The van der Waals surface area contributed by atoms with Gasteiger partial charge in [0, 0.05) is 32.7 Å². The van der Waals surface area contributed by atoms with Crippen molar-refractivity contribution in [2.45, 2.75) is 171 Å². The van der Waals surface area contributed by atoms with Crippen LogP contribution in [0.25, 0.3) is 0 Å². The van der Waals surface area contributed by atoms with E-state index in [0.29, 0.717) is 21.7 Å². The molecule has 0 spiro atoms. The first-order valence-corrected chi connectivity index (χ1v) is 21.4. The molecule has 0 saturated carbocycles. The van der Waals surface area contributed by atoms with E-state index in [2.05, 4.69) is 151 Å². The largest absolute Gasteiger partial charge is 0.379 e. The molecular formula is C46H102N4O. The molecule has 0 aromatic rings. The number of ether oxygens (including phenoxy) is 1. The van der Waals surface area contributed by atoms with Gasteiger partial charge in [-0.15, -0.1) is 0 Å². The Morgan fingerprint density at radius 3 is 1.24 bits per heavy atom. The van der Waals surface area contributed by atoms with Crippen LogP contribution in [0.1, 0.15) is 171 Å². The SMILES string of the molecule is C.CC(CN1CCCCC1)C(C)(C)C.CC(CN1CCOCC1)C(C)(C)C.CCN(CC)CC(C)C(C)(C)C.CCN(CC)CCCC(C)(C)C. The fraction of sp³-hybridized carbons (Fsp3) is 1.00. The van der Waals surface area contributed by atoms with E-state index in [9.17, 15) is 0 Å². The fourth-order valence-electron chi connectivity index (χ4n) is 5.76. The van der Waals surface area contributed by atoms with Crippen LogP contribution in [-0.2, 0) is 4.74 Å². The molecule has 0 aliphatic carbocycles. The summed E-state index contributed by atoms with van der Waals surface area (Å²) in [5.74, 6) is 2.34. The summed E-state index contributed by atoms with van der Waals surface area (Å²) in [6.07, 6.45) is 6.95. The average Bonchev–Trinajstić information content (AvgIpc) is 3.02. The highest BCUT2D eigenvalue weighted by Crippen LogP contribution is 2.28. The molecule has 2 aliphatic heterocycles. The van der Waals surface area contributed by atoms with Crippen LogP contribution in [0.4, 0.5) is 0 Å². The molecule has 0 amide bonds. The van der Waals surface area contributed by atoms with E-state index < -0.39 is 0 Å². The van der Waals surface area contributed by atoms with Gasteiger partial charge < -0.3 is 19.4 Å². The minimum atomic E-state index is 0. The number of morpholine rings is 1. The Hall–Kier alpha value is -0.200. The first-order chi connectivity index (χ1) is 22.9. The molecule has 312 valence electrons. The van der Waals surface area contributed by atoms with E-state index in [-0.39, 0.29) is 7.43 Å². The molecule has 0 radical (unpaired) electrons. The Morgan fingerprint density at radius 2 is 0.902 bits per heavy atom. The van der Waals surface area contributed by atoms with Crippen molar-refractivity contribution in [1.82, 2.24) is 19.6 Å². The third kappa shape index (κ3) is 30.8. The lowest BCUT2D eigenvalue weighted by molar-refractivity contribution is 0.0227. The van der Waals surface area contributed by atoms with Gasteiger partial charge in [-0.25, -0.2) is 0 Å². The van der Waals surface area contributed by atoms with Gasteiger partial charge in [0.05, 0.1) is 13.2 Å². The molecule has 0 aromatic heterocycles. The van der Waals surface area contributed by atoms with Crippen LogP contribution >= 0.6 is 0 Å². The van der Waals surface area contributed by atoms with Crippen LogP contribution in [0, 0.1) is 39.4 Å². The van der Waals surface area contributed by atoms with Crippen LogP contribution in [0.5, 0.6) is 0 Å². The Morgan fingerprint density at radius 1 is 0.529 bits per heavy atom. The minimum Gasteiger partial charge on any atom is -0.379 e. The normalized spacial score (nSPS) is 18.3. The third-order valence-corrected chi connectivity index (χ3v) is 11.8. The maximum atomic E-state index is 5.33. The summed E-state index contributed by atoms with van der Waals surface area (Å²) in [6, 6.07) is 0. The summed E-state index contributed by atoms with van der Waals surface area (Å²) >= 11 is 0. The second-order valence-corrected chi connectivity index (χ2v) is 20.3. The number of hydrogen-bond acceptors (Lipinski definition) is 5. The van der Waals surface area contributed by atoms with E-state index in [0.717, 1.165) is 44.1 Å². The van der Waals surface area contributed by atoms with Gasteiger partial charge in [-0.05, 0) is 111 Å². The molecule has 0 N–H and O–H groups in total. The quantitative estimate of drug-likeness (QED) is 0.188. The molecule has 0 aromatic carbocycles. The molecule has 2 rings (SSSR count).